The highest BCUT2D eigenvalue weighted by Gasteiger charge is 2.34. The standard InChI is InChI=1S/C18H21BrN2O6/c1-25-12-2-3-14(13(19)8-12)26-10-16(22)21-7-6-11(21)9-20-18(24)15-4-5-17(23)27-15/h2-3,8,11,15H,4-7,9-10H2,1H3,(H,20,24). The predicted molar refractivity (Wildman–Crippen MR) is 98.4 cm³/mol. The molecule has 8 nitrogen and oxygen atoms in total. The van der Waals surface area contributed by atoms with Crippen LogP contribution in [0.25, 0.3) is 0 Å². The Balaban J connectivity index is 1.43. The molecule has 2 unspecified atom stereocenters. The minimum atomic E-state index is -0.711. The number of esters is 1. The van der Waals surface area contributed by atoms with E-state index in [2.05, 4.69) is 21.2 Å². The number of ether oxygens (including phenoxy) is 3. The number of hydrogen-bond acceptors (Lipinski definition) is 6. The number of rotatable bonds is 7. The van der Waals surface area contributed by atoms with E-state index in [1.807, 2.05) is 0 Å². The summed E-state index contributed by atoms with van der Waals surface area (Å²) < 4.78 is 16.3. The fourth-order valence-corrected chi connectivity index (χ4v) is 3.44. The van der Waals surface area contributed by atoms with E-state index in [1.54, 1.807) is 30.2 Å². The summed E-state index contributed by atoms with van der Waals surface area (Å²) in [6, 6.07) is 5.17. The lowest BCUT2D eigenvalue weighted by molar-refractivity contribution is -0.148. The Hall–Kier alpha value is -2.29. The van der Waals surface area contributed by atoms with E-state index in [4.69, 9.17) is 14.2 Å². The molecule has 0 aliphatic carbocycles. The molecule has 146 valence electrons. The Morgan fingerprint density at radius 3 is 2.78 bits per heavy atom. The van der Waals surface area contributed by atoms with Gasteiger partial charge in [0, 0.05) is 25.9 Å². The van der Waals surface area contributed by atoms with Crippen molar-refractivity contribution in [3.63, 3.8) is 0 Å². The van der Waals surface area contributed by atoms with Gasteiger partial charge < -0.3 is 24.4 Å². The predicted octanol–water partition coefficient (Wildman–Crippen LogP) is 1.26. The zero-order valence-corrected chi connectivity index (χ0v) is 16.5. The smallest absolute Gasteiger partial charge is 0.306 e. The molecule has 3 rings (SSSR count). The Kier molecular flexibility index (Phi) is 6.20. The highest BCUT2D eigenvalue weighted by atomic mass is 79.9. The average molecular weight is 441 g/mol. The molecule has 0 saturated carbocycles. The SMILES string of the molecule is COc1ccc(OCC(=O)N2CCC2CNC(=O)C2CCC(=O)O2)c(Br)c1. The van der Waals surface area contributed by atoms with Crippen LogP contribution in [0.3, 0.4) is 0 Å². The molecule has 1 aromatic carbocycles. The Bertz CT molecular complexity index is 741. The summed E-state index contributed by atoms with van der Waals surface area (Å²) >= 11 is 3.38. The number of nitrogens with zero attached hydrogens (tertiary/aromatic N) is 1. The van der Waals surface area contributed by atoms with Gasteiger partial charge >= 0.3 is 5.97 Å². The van der Waals surface area contributed by atoms with Crippen molar-refractivity contribution >= 4 is 33.7 Å². The second-order valence-electron chi connectivity index (χ2n) is 6.38. The van der Waals surface area contributed by atoms with E-state index in [0.717, 1.165) is 6.42 Å². The molecule has 1 N–H and O–H groups in total. The van der Waals surface area contributed by atoms with Gasteiger partial charge in [0.05, 0.1) is 17.6 Å². The van der Waals surface area contributed by atoms with Crippen molar-refractivity contribution in [3.05, 3.63) is 22.7 Å². The Morgan fingerprint density at radius 1 is 1.37 bits per heavy atom. The average Bonchev–Trinajstić information content (AvgIpc) is 3.06. The van der Waals surface area contributed by atoms with E-state index in [-0.39, 0.29) is 36.9 Å². The summed E-state index contributed by atoms with van der Waals surface area (Å²) in [6.45, 7) is 0.880. The van der Waals surface area contributed by atoms with Crippen LogP contribution in [0.4, 0.5) is 0 Å². The molecule has 0 spiro atoms. The number of cyclic esters (lactones) is 1. The largest absolute Gasteiger partial charge is 0.497 e. The van der Waals surface area contributed by atoms with Gasteiger partial charge in [-0.05, 0) is 40.5 Å². The van der Waals surface area contributed by atoms with Crippen LogP contribution in [-0.4, -0.2) is 61.6 Å². The maximum absolute atomic E-state index is 12.4. The number of hydrogen-bond donors (Lipinski definition) is 1. The molecule has 0 aromatic heterocycles. The Morgan fingerprint density at radius 2 is 2.19 bits per heavy atom. The van der Waals surface area contributed by atoms with E-state index in [9.17, 15) is 14.4 Å². The fraction of sp³-hybridized carbons (Fsp3) is 0.500. The van der Waals surface area contributed by atoms with E-state index >= 15 is 0 Å². The van der Waals surface area contributed by atoms with Crippen molar-refractivity contribution in [3.8, 4) is 11.5 Å². The van der Waals surface area contributed by atoms with Crippen molar-refractivity contribution in [2.75, 3.05) is 26.8 Å². The lowest BCUT2D eigenvalue weighted by Gasteiger charge is -2.41. The summed E-state index contributed by atoms with van der Waals surface area (Å²) in [7, 11) is 1.57. The number of nitrogens with one attached hydrogen (secondary N) is 1. The number of amides is 2. The summed E-state index contributed by atoms with van der Waals surface area (Å²) in [4.78, 5) is 37.1. The van der Waals surface area contributed by atoms with Gasteiger partial charge in [-0.25, -0.2) is 0 Å². The lowest BCUT2D eigenvalue weighted by Crippen LogP contribution is -2.57. The normalized spacial score (nSPS) is 21.3. The number of methoxy groups -OCH3 is 1. The summed E-state index contributed by atoms with van der Waals surface area (Å²) in [5.41, 5.74) is 0. The van der Waals surface area contributed by atoms with Crippen LogP contribution in [0.1, 0.15) is 19.3 Å². The highest BCUT2D eigenvalue weighted by molar-refractivity contribution is 9.10. The van der Waals surface area contributed by atoms with Crippen molar-refractivity contribution < 1.29 is 28.6 Å². The maximum Gasteiger partial charge on any atom is 0.306 e. The van der Waals surface area contributed by atoms with Gasteiger partial charge in [-0.2, -0.15) is 0 Å². The first-order valence-electron chi connectivity index (χ1n) is 8.71. The second-order valence-corrected chi connectivity index (χ2v) is 7.23. The molecule has 2 atom stereocenters. The van der Waals surface area contributed by atoms with Gasteiger partial charge in [0.25, 0.3) is 11.8 Å². The first kappa shape index (κ1) is 19.5. The molecule has 27 heavy (non-hydrogen) atoms. The molecule has 2 aliphatic rings. The van der Waals surface area contributed by atoms with Gasteiger partial charge in [0.1, 0.15) is 11.5 Å². The van der Waals surface area contributed by atoms with Crippen molar-refractivity contribution in [2.24, 2.45) is 0 Å². The molecule has 2 saturated heterocycles. The van der Waals surface area contributed by atoms with Crippen LogP contribution in [0.5, 0.6) is 11.5 Å². The number of halogens is 1. The first-order valence-corrected chi connectivity index (χ1v) is 9.50. The molecular formula is C18H21BrN2O6. The number of carbonyl (C=O) groups is 3. The summed E-state index contributed by atoms with van der Waals surface area (Å²) in [5, 5.41) is 2.76. The molecule has 1 aromatic rings. The quantitative estimate of drug-likeness (QED) is 0.641. The Labute approximate surface area is 165 Å². The molecule has 2 amide bonds. The molecule has 2 aliphatic heterocycles. The van der Waals surface area contributed by atoms with Crippen molar-refractivity contribution in [1.29, 1.82) is 0 Å². The third-order valence-electron chi connectivity index (χ3n) is 4.64. The van der Waals surface area contributed by atoms with E-state index in [0.29, 0.717) is 35.5 Å². The summed E-state index contributed by atoms with van der Waals surface area (Å²) in [5.74, 6) is 0.441. The van der Waals surface area contributed by atoms with Crippen LogP contribution in [0.2, 0.25) is 0 Å². The minimum absolute atomic E-state index is 0.0681. The van der Waals surface area contributed by atoms with Crippen LogP contribution in [-0.2, 0) is 19.1 Å². The monoisotopic (exact) mass is 440 g/mol. The molecule has 0 radical (unpaired) electrons. The number of benzene rings is 1. The first-order chi connectivity index (χ1) is 13.0. The highest BCUT2D eigenvalue weighted by Crippen LogP contribution is 2.29. The molecule has 2 fully saturated rings. The van der Waals surface area contributed by atoms with Gasteiger partial charge in [0.15, 0.2) is 12.7 Å². The molecular weight excluding hydrogens is 420 g/mol. The zero-order valence-electron chi connectivity index (χ0n) is 14.9. The van der Waals surface area contributed by atoms with Gasteiger partial charge in [-0.3, -0.25) is 14.4 Å². The zero-order chi connectivity index (χ0) is 19.4. The van der Waals surface area contributed by atoms with Gasteiger partial charge in [-0.1, -0.05) is 0 Å². The van der Waals surface area contributed by atoms with Crippen LogP contribution in [0, 0.1) is 0 Å². The van der Waals surface area contributed by atoms with Crippen LogP contribution >= 0.6 is 15.9 Å². The van der Waals surface area contributed by atoms with Crippen molar-refractivity contribution in [1.82, 2.24) is 10.2 Å². The van der Waals surface area contributed by atoms with Crippen LogP contribution in [0.15, 0.2) is 22.7 Å². The number of likely N-dealkylation sites (tertiary alicyclic amines) is 1. The second kappa shape index (κ2) is 8.60. The van der Waals surface area contributed by atoms with E-state index < -0.39 is 6.10 Å². The maximum atomic E-state index is 12.4. The lowest BCUT2D eigenvalue weighted by atomic mass is 10.0. The third-order valence-corrected chi connectivity index (χ3v) is 5.26. The molecule has 2 heterocycles. The van der Waals surface area contributed by atoms with Crippen molar-refractivity contribution in [2.45, 2.75) is 31.4 Å². The third kappa shape index (κ3) is 4.71. The fourth-order valence-electron chi connectivity index (χ4n) is 2.97. The molecule has 9 heteroatoms. The van der Waals surface area contributed by atoms with Crippen LogP contribution < -0.4 is 14.8 Å². The minimum Gasteiger partial charge on any atom is -0.497 e. The summed E-state index contributed by atoms with van der Waals surface area (Å²) in [6.07, 6.45) is 0.771. The molecule has 0 bridgehead atoms. The van der Waals surface area contributed by atoms with Gasteiger partial charge in [0.2, 0.25) is 0 Å². The van der Waals surface area contributed by atoms with E-state index in [1.165, 1.54) is 0 Å². The topological polar surface area (TPSA) is 94.2 Å². The number of carbonyl (C=O) groups excluding carboxylic acids is 3. The van der Waals surface area contributed by atoms with Gasteiger partial charge in [-0.15, -0.1) is 0 Å².